The zero-order valence-corrected chi connectivity index (χ0v) is 8.79. The van der Waals surface area contributed by atoms with E-state index in [4.69, 9.17) is 4.74 Å². The Morgan fingerprint density at radius 2 is 2.21 bits per heavy atom. The van der Waals surface area contributed by atoms with Gasteiger partial charge in [0.05, 0.1) is 7.11 Å². The molecule has 74 valence electrons. The van der Waals surface area contributed by atoms with Gasteiger partial charge in [-0.25, -0.2) is 0 Å². The van der Waals surface area contributed by atoms with Gasteiger partial charge in [-0.3, -0.25) is 0 Å². The van der Waals surface area contributed by atoms with Crippen LogP contribution in [-0.4, -0.2) is 7.11 Å². The average molecular weight is 188 g/mol. The molecule has 0 amide bonds. The summed E-state index contributed by atoms with van der Waals surface area (Å²) in [4.78, 5) is 0. The molecule has 0 saturated heterocycles. The van der Waals surface area contributed by atoms with Gasteiger partial charge in [0.15, 0.2) is 0 Å². The third kappa shape index (κ3) is 1.54. The van der Waals surface area contributed by atoms with E-state index >= 15 is 0 Å². The minimum Gasteiger partial charge on any atom is -0.497 e. The van der Waals surface area contributed by atoms with Crippen molar-refractivity contribution in [1.82, 2.24) is 0 Å². The van der Waals surface area contributed by atoms with E-state index < -0.39 is 0 Å². The van der Waals surface area contributed by atoms with Crippen molar-refractivity contribution in [1.29, 1.82) is 0 Å². The summed E-state index contributed by atoms with van der Waals surface area (Å²) in [5, 5.41) is 0. The Hall–Kier alpha value is -1.24. The van der Waals surface area contributed by atoms with Crippen LogP contribution in [0.5, 0.6) is 5.75 Å². The fraction of sp³-hybridized carbons (Fsp3) is 0.385. The van der Waals surface area contributed by atoms with Crippen LogP contribution in [0.25, 0.3) is 6.08 Å². The summed E-state index contributed by atoms with van der Waals surface area (Å²) in [5.74, 6) is 1.57. The smallest absolute Gasteiger partial charge is 0.119 e. The minimum absolute atomic E-state index is 0.602. The fourth-order valence-electron chi connectivity index (χ4n) is 2.04. The second-order valence-corrected chi connectivity index (χ2v) is 3.75. The first kappa shape index (κ1) is 9.32. The number of allylic oxidation sites excluding steroid dienone is 1. The summed E-state index contributed by atoms with van der Waals surface area (Å²) in [6.45, 7) is 2.23. The Morgan fingerprint density at radius 3 is 2.93 bits per heavy atom. The van der Waals surface area contributed by atoms with Gasteiger partial charge < -0.3 is 4.74 Å². The van der Waals surface area contributed by atoms with Crippen LogP contribution < -0.4 is 4.74 Å². The standard InChI is InChI=1S/C13H16O/c1-3-4-10-5-6-11-7-8-12(14-2)9-13(10)11/h5-10H,3-4H2,1-2H3. The van der Waals surface area contributed by atoms with Crippen LogP contribution >= 0.6 is 0 Å². The number of methoxy groups -OCH3 is 1. The van der Waals surface area contributed by atoms with Gasteiger partial charge in [-0.2, -0.15) is 0 Å². The second kappa shape index (κ2) is 3.87. The lowest BCUT2D eigenvalue weighted by Gasteiger charge is -2.10. The molecular weight excluding hydrogens is 172 g/mol. The molecule has 14 heavy (non-hydrogen) atoms. The number of fused-ring (bicyclic) bond motifs is 1. The van der Waals surface area contributed by atoms with Crippen molar-refractivity contribution in [2.75, 3.05) is 7.11 Å². The highest BCUT2D eigenvalue weighted by atomic mass is 16.5. The molecule has 0 heterocycles. The molecule has 0 N–H and O–H groups in total. The summed E-state index contributed by atoms with van der Waals surface area (Å²) >= 11 is 0. The highest BCUT2D eigenvalue weighted by Crippen LogP contribution is 2.35. The molecule has 1 unspecified atom stereocenters. The number of benzene rings is 1. The molecule has 1 aliphatic rings. The van der Waals surface area contributed by atoms with Crippen LogP contribution in [-0.2, 0) is 0 Å². The zero-order chi connectivity index (χ0) is 9.97. The van der Waals surface area contributed by atoms with Gasteiger partial charge >= 0.3 is 0 Å². The monoisotopic (exact) mass is 188 g/mol. The van der Waals surface area contributed by atoms with Crippen molar-refractivity contribution in [2.24, 2.45) is 0 Å². The highest BCUT2D eigenvalue weighted by molar-refractivity contribution is 5.63. The van der Waals surface area contributed by atoms with E-state index in [0.717, 1.165) is 5.75 Å². The number of hydrogen-bond acceptors (Lipinski definition) is 1. The molecule has 2 rings (SSSR count). The summed E-state index contributed by atoms with van der Waals surface area (Å²) in [7, 11) is 1.72. The normalized spacial score (nSPS) is 18.3. The number of ether oxygens (including phenoxy) is 1. The molecule has 1 atom stereocenters. The molecule has 1 aromatic rings. The third-order valence-corrected chi connectivity index (χ3v) is 2.80. The third-order valence-electron chi connectivity index (χ3n) is 2.80. The van der Waals surface area contributed by atoms with Gasteiger partial charge in [0, 0.05) is 5.92 Å². The predicted molar refractivity (Wildman–Crippen MR) is 59.7 cm³/mol. The molecule has 1 aliphatic carbocycles. The molecule has 1 heteroatoms. The number of hydrogen-bond donors (Lipinski definition) is 0. The van der Waals surface area contributed by atoms with Crippen molar-refractivity contribution in [2.45, 2.75) is 25.7 Å². The topological polar surface area (TPSA) is 9.23 Å². The van der Waals surface area contributed by atoms with Crippen LogP contribution in [0.4, 0.5) is 0 Å². The van der Waals surface area contributed by atoms with Crippen molar-refractivity contribution in [3.05, 3.63) is 35.4 Å². The quantitative estimate of drug-likeness (QED) is 0.704. The van der Waals surface area contributed by atoms with E-state index in [-0.39, 0.29) is 0 Å². The van der Waals surface area contributed by atoms with Gasteiger partial charge in [-0.1, -0.05) is 31.6 Å². The van der Waals surface area contributed by atoms with Crippen LogP contribution in [0.15, 0.2) is 24.3 Å². The lowest BCUT2D eigenvalue weighted by Crippen LogP contribution is -1.93. The Kier molecular flexibility index (Phi) is 2.58. The van der Waals surface area contributed by atoms with Gasteiger partial charge in [0.25, 0.3) is 0 Å². The summed E-state index contributed by atoms with van der Waals surface area (Å²) in [6, 6.07) is 6.33. The van der Waals surface area contributed by atoms with Crippen LogP contribution in [0, 0.1) is 0 Å². The molecule has 0 radical (unpaired) electrons. The Labute approximate surface area is 85.4 Å². The molecule has 1 nitrogen and oxygen atoms in total. The van der Waals surface area contributed by atoms with Crippen molar-refractivity contribution in [3.63, 3.8) is 0 Å². The maximum atomic E-state index is 5.24. The molecule has 0 spiro atoms. The van der Waals surface area contributed by atoms with E-state index in [9.17, 15) is 0 Å². The van der Waals surface area contributed by atoms with Gasteiger partial charge in [0.2, 0.25) is 0 Å². The first-order valence-electron chi connectivity index (χ1n) is 5.21. The molecule has 0 saturated carbocycles. The van der Waals surface area contributed by atoms with Crippen molar-refractivity contribution < 1.29 is 4.74 Å². The van der Waals surface area contributed by atoms with Crippen LogP contribution in [0.2, 0.25) is 0 Å². The van der Waals surface area contributed by atoms with E-state index in [1.165, 1.54) is 24.0 Å². The summed E-state index contributed by atoms with van der Waals surface area (Å²) in [5.41, 5.74) is 2.77. The molecule has 0 aliphatic heterocycles. The van der Waals surface area contributed by atoms with Gasteiger partial charge in [-0.15, -0.1) is 0 Å². The lowest BCUT2D eigenvalue weighted by atomic mass is 9.96. The molecular formula is C13H16O. The Balaban J connectivity index is 2.31. The van der Waals surface area contributed by atoms with E-state index in [1.807, 2.05) is 6.07 Å². The largest absolute Gasteiger partial charge is 0.497 e. The maximum Gasteiger partial charge on any atom is 0.119 e. The van der Waals surface area contributed by atoms with Crippen LogP contribution in [0.1, 0.15) is 36.8 Å². The Morgan fingerprint density at radius 1 is 1.36 bits per heavy atom. The molecule has 1 aromatic carbocycles. The number of rotatable bonds is 3. The van der Waals surface area contributed by atoms with Crippen molar-refractivity contribution in [3.8, 4) is 5.75 Å². The zero-order valence-electron chi connectivity index (χ0n) is 8.79. The fourth-order valence-corrected chi connectivity index (χ4v) is 2.04. The van der Waals surface area contributed by atoms with E-state index in [0.29, 0.717) is 5.92 Å². The molecule has 0 fully saturated rings. The minimum atomic E-state index is 0.602. The summed E-state index contributed by atoms with van der Waals surface area (Å²) in [6.07, 6.45) is 6.98. The highest BCUT2D eigenvalue weighted by Gasteiger charge is 2.16. The van der Waals surface area contributed by atoms with E-state index in [2.05, 4.69) is 31.2 Å². The van der Waals surface area contributed by atoms with Gasteiger partial charge in [-0.05, 0) is 29.7 Å². The van der Waals surface area contributed by atoms with Crippen molar-refractivity contribution >= 4 is 6.08 Å². The lowest BCUT2D eigenvalue weighted by molar-refractivity contribution is 0.414. The van der Waals surface area contributed by atoms with E-state index in [1.54, 1.807) is 7.11 Å². The summed E-state index contributed by atoms with van der Waals surface area (Å²) < 4.78 is 5.24. The molecule has 0 bridgehead atoms. The molecule has 0 aromatic heterocycles. The Bertz CT molecular complexity index is 352. The first-order chi connectivity index (χ1) is 6.85. The SMILES string of the molecule is CCCC1C=Cc2ccc(OC)cc21. The predicted octanol–water partition coefficient (Wildman–Crippen LogP) is 3.61. The average Bonchev–Trinajstić information content (AvgIpc) is 2.61. The van der Waals surface area contributed by atoms with Gasteiger partial charge in [0.1, 0.15) is 5.75 Å². The first-order valence-corrected chi connectivity index (χ1v) is 5.21. The maximum absolute atomic E-state index is 5.24. The second-order valence-electron chi connectivity index (χ2n) is 3.75. The van der Waals surface area contributed by atoms with Crippen LogP contribution in [0.3, 0.4) is 0 Å².